The summed E-state index contributed by atoms with van der Waals surface area (Å²) in [7, 11) is 0. The van der Waals surface area contributed by atoms with Gasteiger partial charge in [-0.2, -0.15) is 0 Å². The van der Waals surface area contributed by atoms with Gasteiger partial charge in [0.1, 0.15) is 5.82 Å². The van der Waals surface area contributed by atoms with Crippen LogP contribution < -0.4 is 5.32 Å². The van der Waals surface area contributed by atoms with Crippen LogP contribution in [-0.2, 0) is 0 Å². The van der Waals surface area contributed by atoms with Crippen LogP contribution in [-0.4, -0.2) is 29.6 Å². The fourth-order valence-electron chi connectivity index (χ4n) is 4.34. The van der Waals surface area contributed by atoms with E-state index in [2.05, 4.69) is 24.1 Å². The Morgan fingerprint density at radius 2 is 1.90 bits per heavy atom. The summed E-state index contributed by atoms with van der Waals surface area (Å²) in [5.41, 5.74) is 0.856. The molecule has 2 heterocycles. The minimum atomic E-state index is -0.0596. The van der Waals surface area contributed by atoms with Crippen molar-refractivity contribution in [3.63, 3.8) is 0 Å². The summed E-state index contributed by atoms with van der Waals surface area (Å²) >= 11 is 0. The van der Waals surface area contributed by atoms with Crippen molar-refractivity contribution < 1.29 is 4.39 Å². The van der Waals surface area contributed by atoms with Gasteiger partial charge in [-0.3, -0.25) is 4.90 Å². The second kappa shape index (κ2) is 6.45. The van der Waals surface area contributed by atoms with Gasteiger partial charge in [0.2, 0.25) is 0 Å². The van der Waals surface area contributed by atoms with Gasteiger partial charge < -0.3 is 5.32 Å². The van der Waals surface area contributed by atoms with E-state index in [0.29, 0.717) is 18.1 Å². The van der Waals surface area contributed by atoms with Gasteiger partial charge in [0.25, 0.3) is 0 Å². The molecule has 116 valence electrons. The number of benzene rings is 1. The number of fused-ring (bicyclic) bond motifs is 2. The van der Waals surface area contributed by atoms with Gasteiger partial charge >= 0.3 is 0 Å². The van der Waals surface area contributed by atoms with E-state index < -0.39 is 0 Å². The van der Waals surface area contributed by atoms with E-state index in [1.54, 1.807) is 12.1 Å². The van der Waals surface area contributed by atoms with Crippen LogP contribution in [0.5, 0.6) is 0 Å². The summed E-state index contributed by atoms with van der Waals surface area (Å²) in [5.74, 6) is -0.0596. The van der Waals surface area contributed by atoms with E-state index in [4.69, 9.17) is 0 Å². The zero-order chi connectivity index (χ0) is 14.8. The molecule has 2 saturated heterocycles. The van der Waals surface area contributed by atoms with Gasteiger partial charge in [0, 0.05) is 29.7 Å². The second-order valence-electron chi connectivity index (χ2n) is 6.65. The zero-order valence-corrected chi connectivity index (χ0v) is 13.2. The lowest BCUT2D eigenvalue weighted by Gasteiger charge is -2.43. The minimum absolute atomic E-state index is 0.0596. The molecule has 3 heteroatoms. The molecule has 1 aromatic rings. The van der Waals surface area contributed by atoms with Gasteiger partial charge in [-0.05, 0) is 51.6 Å². The first kappa shape index (κ1) is 15.0. The zero-order valence-electron chi connectivity index (χ0n) is 13.2. The Labute approximate surface area is 127 Å². The van der Waals surface area contributed by atoms with Gasteiger partial charge in [-0.25, -0.2) is 4.39 Å². The summed E-state index contributed by atoms with van der Waals surface area (Å²) in [5, 5.41) is 3.68. The molecule has 2 fully saturated rings. The SMILES string of the molecule is CCCNC1CC2CCC(C1)N2C(C)c1ccccc1F. The third-order valence-electron chi connectivity index (χ3n) is 5.28. The van der Waals surface area contributed by atoms with Gasteiger partial charge in [-0.15, -0.1) is 0 Å². The first-order valence-electron chi connectivity index (χ1n) is 8.46. The van der Waals surface area contributed by atoms with Crippen LogP contribution in [0, 0.1) is 5.82 Å². The van der Waals surface area contributed by atoms with Crippen LogP contribution in [0.25, 0.3) is 0 Å². The molecule has 2 nitrogen and oxygen atoms in total. The average molecular weight is 290 g/mol. The Bertz CT molecular complexity index is 462. The van der Waals surface area contributed by atoms with Crippen LogP contribution in [0.1, 0.15) is 57.6 Å². The molecule has 21 heavy (non-hydrogen) atoms. The molecule has 3 atom stereocenters. The predicted octanol–water partition coefficient (Wildman–Crippen LogP) is 3.88. The first-order valence-corrected chi connectivity index (χ1v) is 8.46. The molecule has 0 saturated carbocycles. The Kier molecular flexibility index (Phi) is 4.60. The van der Waals surface area contributed by atoms with Crippen LogP contribution in [0.4, 0.5) is 4.39 Å². The quantitative estimate of drug-likeness (QED) is 0.885. The Hall–Kier alpha value is -0.930. The number of nitrogens with zero attached hydrogens (tertiary/aromatic N) is 1. The van der Waals surface area contributed by atoms with E-state index >= 15 is 0 Å². The highest BCUT2D eigenvalue weighted by atomic mass is 19.1. The number of rotatable bonds is 5. The van der Waals surface area contributed by atoms with Gasteiger partial charge in [0.05, 0.1) is 0 Å². The summed E-state index contributed by atoms with van der Waals surface area (Å²) in [6, 6.07) is 9.35. The molecule has 2 aliphatic heterocycles. The monoisotopic (exact) mass is 290 g/mol. The lowest BCUT2D eigenvalue weighted by atomic mass is 9.93. The smallest absolute Gasteiger partial charge is 0.127 e. The van der Waals surface area contributed by atoms with Crippen LogP contribution in [0.2, 0.25) is 0 Å². The van der Waals surface area contributed by atoms with Crippen molar-refractivity contribution in [2.45, 2.75) is 70.1 Å². The van der Waals surface area contributed by atoms with Crippen molar-refractivity contribution in [1.82, 2.24) is 10.2 Å². The average Bonchev–Trinajstić information content (AvgIpc) is 2.76. The van der Waals surface area contributed by atoms with Gasteiger partial charge in [-0.1, -0.05) is 25.1 Å². The lowest BCUT2D eigenvalue weighted by molar-refractivity contribution is 0.0756. The summed E-state index contributed by atoms with van der Waals surface area (Å²) in [6.07, 6.45) is 6.17. The van der Waals surface area contributed by atoms with E-state index in [1.165, 1.54) is 32.1 Å². The molecular formula is C18H27FN2. The second-order valence-corrected chi connectivity index (χ2v) is 6.65. The predicted molar refractivity (Wildman–Crippen MR) is 84.8 cm³/mol. The van der Waals surface area contributed by atoms with Crippen molar-refractivity contribution in [2.75, 3.05) is 6.54 Å². The standard InChI is InChI=1S/C18H27FN2/c1-3-10-20-14-11-15-8-9-16(12-14)21(15)13(2)17-6-4-5-7-18(17)19/h4-7,13-16,20H,3,8-12H2,1-2H3. The number of hydrogen-bond acceptors (Lipinski definition) is 2. The molecule has 2 bridgehead atoms. The topological polar surface area (TPSA) is 15.3 Å². The molecule has 0 amide bonds. The minimum Gasteiger partial charge on any atom is -0.314 e. The molecule has 0 spiro atoms. The van der Waals surface area contributed by atoms with E-state index in [9.17, 15) is 4.39 Å². The third-order valence-corrected chi connectivity index (χ3v) is 5.28. The van der Waals surface area contributed by atoms with Crippen LogP contribution in [0.15, 0.2) is 24.3 Å². The molecule has 0 radical (unpaired) electrons. The fraction of sp³-hybridized carbons (Fsp3) is 0.667. The summed E-state index contributed by atoms with van der Waals surface area (Å²) in [4.78, 5) is 2.59. The van der Waals surface area contributed by atoms with Crippen molar-refractivity contribution >= 4 is 0 Å². The lowest BCUT2D eigenvalue weighted by Crippen LogP contribution is -2.50. The number of piperidine rings is 1. The molecule has 0 aliphatic carbocycles. The van der Waals surface area contributed by atoms with E-state index in [1.807, 2.05) is 12.1 Å². The Morgan fingerprint density at radius 3 is 2.52 bits per heavy atom. The molecular weight excluding hydrogens is 263 g/mol. The molecule has 0 aromatic heterocycles. The maximum absolute atomic E-state index is 14.1. The normalized spacial score (nSPS) is 30.5. The molecule has 1 aromatic carbocycles. The van der Waals surface area contributed by atoms with Crippen LogP contribution >= 0.6 is 0 Å². The van der Waals surface area contributed by atoms with E-state index in [0.717, 1.165) is 12.1 Å². The molecule has 3 unspecified atom stereocenters. The largest absolute Gasteiger partial charge is 0.314 e. The highest BCUT2D eigenvalue weighted by Gasteiger charge is 2.43. The van der Waals surface area contributed by atoms with Crippen molar-refractivity contribution in [1.29, 1.82) is 0 Å². The summed E-state index contributed by atoms with van der Waals surface area (Å²) < 4.78 is 14.1. The highest BCUT2D eigenvalue weighted by Crippen LogP contribution is 2.41. The number of halogens is 1. The van der Waals surface area contributed by atoms with Crippen molar-refractivity contribution in [3.05, 3.63) is 35.6 Å². The summed E-state index contributed by atoms with van der Waals surface area (Å²) in [6.45, 7) is 5.51. The highest BCUT2D eigenvalue weighted by molar-refractivity contribution is 5.22. The molecule has 1 N–H and O–H groups in total. The maximum atomic E-state index is 14.1. The van der Waals surface area contributed by atoms with E-state index in [-0.39, 0.29) is 11.9 Å². The Morgan fingerprint density at radius 1 is 1.24 bits per heavy atom. The third kappa shape index (κ3) is 3.00. The molecule has 2 aliphatic rings. The number of nitrogens with one attached hydrogen (secondary N) is 1. The fourth-order valence-corrected chi connectivity index (χ4v) is 4.34. The number of hydrogen-bond donors (Lipinski definition) is 1. The van der Waals surface area contributed by atoms with Crippen molar-refractivity contribution in [3.8, 4) is 0 Å². The van der Waals surface area contributed by atoms with Gasteiger partial charge in [0.15, 0.2) is 0 Å². The maximum Gasteiger partial charge on any atom is 0.127 e. The Balaban J connectivity index is 1.72. The first-order chi connectivity index (χ1) is 10.2. The molecule has 3 rings (SSSR count). The van der Waals surface area contributed by atoms with Crippen molar-refractivity contribution in [2.24, 2.45) is 0 Å². The van der Waals surface area contributed by atoms with Crippen LogP contribution in [0.3, 0.4) is 0 Å².